The number of likely N-dealkylation sites (tertiary alicyclic amines) is 1. The van der Waals surface area contributed by atoms with Crippen molar-refractivity contribution in [3.63, 3.8) is 0 Å². The zero-order chi connectivity index (χ0) is 9.26. The summed E-state index contributed by atoms with van der Waals surface area (Å²) in [5.41, 5.74) is 0. The van der Waals surface area contributed by atoms with Crippen LogP contribution in [-0.2, 0) is 4.79 Å². The maximum atomic E-state index is 10.9. The van der Waals surface area contributed by atoms with Gasteiger partial charge in [-0.3, -0.25) is 9.69 Å². The van der Waals surface area contributed by atoms with Gasteiger partial charge in [0.05, 0.1) is 0 Å². The second kappa shape index (κ2) is 4.99. The zero-order valence-corrected chi connectivity index (χ0v) is 9.13. The van der Waals surface area contributed by atoms with Crippen LogP contribution >= 0.6 is 12.4 Å². The number of aliphatic carboxylic acids is 1. The predicted molar refractivity (Wildman–Crippen MR) is 56.8 cm³/mol. The van der Waals surface area contributed by atoms with Crippen molar-refractivity contribution in [2.75, 3.05) is 13.1 Å². The molecule has 0 bridgehead atoms. The molecule has 1 saturated carbocycles. The van der Waals surface area contributed by atoms with Gasteiger partial charge in [-0.1, -0.05) is 6.42 Å². The summed E-state index contributed by atoms with van der Waals surface area (Å²) in [6.45, 7) is 2.02. The standard InChI is InChI=1S/C10H17NO2.ClH/c12-10(13)9-5-2-6-11(9)7-8-3-1-4-8;/h8-9H,1-7H2,(H,12,13);1H/t9-;/m0./s1. The molecule has 2 rings (SSSR count). The summed E-state index contributed by atoms with van der Waals surface area (Å²) in [6.07, 6.45) is 5.87. The normalized spacial score (nSPS) is 28.1. The van der Waals surface area contributed by atoms with E-state index >= 15 is 0 Å². The van der Waals surface area contributed by atoms with E-state index in [1.54, 1.807) is 0 Å². The van der Waals surface area contributed by atoms with E-state index in [-0.39, 0.29) is 18.4 Å². The van der Waals surface area contributed by atoms with E-state index in [9.17, 15) is 4.79 Å². The molecule has 1 heterocycles. The highest BCUT2D eigenvalue weighted by molar-refractivity contribution is 5.85. The summed E-state index contributed by atoms with van der Waals surface area (Å²) in [7, 11) is 0. The Morgan fingerprint density at radius 2 is 2.00 bits per heavy atom. The molecule has 0 aromatic heterocycles. The largest absolute Gasteiger partial charge is 0.480 e. The number of carboxylic acids is 1. The summed E-state index contributed by atoms with van der Waals surface area (Å²) >= 11 is 0. The molecule has 1 aliphatic carbocycles. The molecule has 0 aromatic carbocycles. The smallest absolute Gasteiger partial charge is 0.320 e. The van der Waals surface area contributed by atoms with Gasteiger partial charge in [-0.05, 0) is 38.1 Å². The number of carboxylic acid groups (broad SMARTS) is 1. The third-order valence-electron chi connectivity index (χ3n) is 3.37. The highest BCUT2D eigenvalue weighted by Gasteiger charge is 2.32. The fourth-order valence-corrected chi connectivity index (χ4v) is 2.33. The minimum atomic E-state index is -0.628. The highest BCUT2D eigenvalue weighted by atomic mass is 35.5. The van der Waals surface area contributed by atoms with Crippen LogP contribution in [0.15, 0.2) is 0 Å². The van der Waals surface area contributed by atoms with Crippen LogP contribution in [0.1, 0.15) is 32.1 Å². The maximum Gasteiger partial charge on any atom is 0.320 e. The molecule has 1 aliphatic heterocycles. The third kappa shape index (κ3) is 2.39. The van der Waals surface area contributed by atoms with Crippen LogP contribution in [-0.4, -0.2) is 35.1 Å². The lowest BCUT2D eigenvalue weighted by atomic mass is 9.85. The average molecular weight is 220 g/mol. The summed E-state index contributed by atoms with van der Waals surface area (Å²) < 4.78 is 0. The lowest BCUT2D eigenvalue weighted by Crippen LogP contribution is -2.40. The second-order valence-electron chi connectivity index (χ2n) is 4.29. The number of carbonyl (C=O) groups is 1. The summed E-state index contributed by atoms with van der Waals surface area (Å²) in [4.78, 5) is 13.0. The predicted octanol–water partition coefficient (Wildman–Crippen LogP) is 1.76. The van der Waals surface area contributed by atoms with Gasteiger partial charge in [0.25, 0.3) is 0 Å². The second-order valence-corrected chi connectivity index (χ2v) is 4.29. The molecule has 0 unspecified atom stereocenters. The van der Waals surface area contributed by atoms with Crippen molar-refractivity contribution in [3.8, 4) is 0 Å². The molecule has 1 atom stereocenters. The van der Waals surface area contributed by atoms with Crippen LogP contribution in [0, 0.1) is 5.92 Å². The van der Waals surface area contributed by atoms with E-state index in [2.05, 4.69) is 4.90 Å². The van der Waals surface area contributed by atoms with Gasteiger partial charge < -0.3 is 5.11 Å². The van der Waals surface area contributed by atoms with Crippen LogP contribution in [0.25, 0.3) is 0 Å². The van der Waals surface area contributed by atoms with Crippen molar-refractivity contribution in [3.05, 3.63) is 0 Å². The van der Waals surface area contributed by atoms with Crippen LogP contribution in [0.2, 0.25) is 0 Å². The molecule has 2 aliphatic rings. The molecule has 0 amide bonds. The fraction of sp³-hybridized carbons (Fsp3) is 0.900. The molecule has 0 spiro atoms. The van der Waals surface area contributed by atoms with E-state index < -0.39 is 5.97 Å². The van der Waals surface area contributed by atoms with Gasteiger partial charge in [-0.2, -0.15) is 0 Å². The van der Waals surface area contributed by atoms with Gasteiger partial charge in [0.1, 0.15) is 6.04 Å². The molecule has 2 fully saturated rings. The number of hydrogen-bond acceptors (Lipinski definition) is 2. The molecule has 1 N–H and O–H groups in total. The van der Waals surface area contributed by atoms with Gasteiger partial charge in [0, 0.05) is 6.54 Å². The Morgan fingerprint density at radius 1 is 1.29 bits per heavy atom. The SMILES string of the molecule is Cl.O=C(O)[C@@H]1CCCN1CC1CCC1. The lowest BCUT2D eigenvalue weighted by molar-refractivity contribution is -0.142. The maximum absolute atomic E-state index is 10.9. The monoisotopic (exact) mass is 219 g/mol. The fourth-order valence-electron chi connectivity index (χ4n) is 2.33. The lowest BCUT2D eigenvalue weighted by Gasteiger charge is -2.31. The Balaban J connectivity index is 0.000000980. The van der Waals surface area contributed by atoms with E-state index in [1.165, 1.54) is 19.3 Å². The van der Waals surface area contributed by atoms with Crippen molar-refractivity contribution >= 4 is 18.4 Å². The summed E-state index contributed by atoms with van der Waals surface area (Å²) in [5.74, 6) is 0.164. The summed E-state index contributed by atoms with van der Waals surface area (Å²) in [6, 6.07) is -0.180. The zero-order valence-electron chi connectivity index (χ0n) is 8.32. The van der Waals surface area contributed by atoms with E-state index in [0.717, 1.165) is 31.8 Å². The minimum absolute atomic E-state index is 0. The molecule has 82 valence electrons. The van der Waals surface area contributed by atoms with E-state index in [4.69, 9.17) is 5.11 Å². The number of hydrogen-bond donors (Lipinski definition) is 1. The number of nitrogens with zero attached hydrogens (tertiary/aromatic N) is 1. The Bertz CT molecular complexity index is 206. The minimum Gasteiger partial charge on any atom is -0.480 e. The molecule has 4 heteroatoms. The van der Waals surface area contributed by atoms with Crippen LogP contribution in [0.4, 0.5) is 0 Å². The van der Waals surface area contributed by atoms with Gasteiger partial charge in [-0.15, -0.1) is 12.4 Å². The van der Waals surface area contributed by atoms with Gasteiger partial charge in [0.15, 0.2) is 0 Å². The van der Waals surface area contributed by atoms with Crippen molar-refractivity contribution in [2.24, 2.45) is 5.92 Å². The molecule has 0 radical (unpaired) electrons. The van der Waals surface area contributed by atoms with Crippen LogP contribution in [0.3, 0.4) is 0 Å². The van der Waals surface area contributed by atoms with E-state index in [0.29, 0.717) is 0 Å². The van der Waals surface area contributed by atoms with Crippen LogP contribution in [0.5, 0.6) is 0 Å². The van der Waals surface area contributed by atoms with Crippen molar-refractivity contribution in [2.45, 2.75) is 38.1 Å². The molecule has 1 saturated heterocycles. The topological polar surface area (TPSA) is 40.5 Å². The Kier molecular flexibility index (Phi) is 4.20. The third-order valence-corrected chi connectivity index (χ3v) is 3.37. The molecular weight excluding hydrogens is 202 g/mol. The quantitative estimate of drug-likeness (QED) is 0.787. The Labute approximate surface area is 90.9 Å². The van der Waals surface area contributed by atoms with Crippen molar-refractivity contribution in [1.29, 1.82) is 0 Å². The first-order valence-corrected chi connectivity index (χ1v) is 5.24. The molecule has 3 nitrogen and oxygen atoms in total. The Morgan fingerprint density at radius 3 is 2.50 bits per heavy atom. The first-order chi connectivity index (χ1) is 6.27. The number of rotatable bonds is 3. The highest BCUT2D eigenvalue weighted by Crippen LogP contribution is 2.29. The Hall–Kier alpha value is -0.280. The molecule has 14 heavy (non-hydrogen) atoms. The number of halogens is 1. The first kappa shape index (κ1) is 11.8. The van der Waals surface area contributed by atoms with Crippen molar-refractivity contribution in [1.82, 2.24) is 4.90 Å². The first-order valence-electron chi connectivity index (χ1n) is 5.24. The molecule has 0 aromatic rings. The van der Waals surface area contributed by atoms with Gasteiger partial charge in [-0.25, -0.2) is 0 Å². The average Bonchev–Trinajstić information content (AvgIpc) is 2.44. The van der Waals surface area contributed by atoms with Gasteiger partial charge >= 0.3 is 5.97 Å². The van der Waals surface area contributed by atoms with E-state index in [1.807, 2.05) is 0 Å². The van der Waals surface area contributed by atoms with Crippen LogP contribution < -0.4 is 0 Å². The molecular formula is C10H18ClNO2. The van der Waals surface area contributed by atoms with Gasteiger partial charge in [0.2, 0.25) is 0 Å². The summed E-state index contributed by atoms with van der Waals surface area (Å²) in [5, 5.41) is 8.95. The van der Waals surface area contributed by atoms with Crippen molar-refractivity contribution < 1.29 is 9.90 Å².